The summed E-state index contributed by atoms with van der Waals surface area (Å²) in [5.74, 6) is 0.553. The summed E-state index contributed by atoms with van der Waals surface area (Å²) in [6, 6.07) is 6.86. The molecule has 1 atom stereocenters. The molecule has 1 heterocycles. The van der Waals surface area contributed by atoms with Crippen LogP contribution in [0.1, 0.15) is 13.3 Å². The van der Waals surface area contributed by atoms with Gasteiger partial charge in [-0.2, -0.15) is 0 Å². The molecule has 0 radical (unpaired) electrons. The van der Waals surface area contributed by atoms with Gasteiger partial charge in [-0.25, -0.2) is 4.98 Å². The summed E-state index contributed by atoms with van der Waals surface area (Å²) in [4.78, 5) is 15.5. The molecule has 100 valence electrons. The number of carbonyl (C=O) groups excluding carboxylic acids is 1. The van der Waals surface area contributed by atoms with Gasteiger partial charge < -0.3 is 15.2 Å². The predicted molar refractivity (Wildman–Crippen MR) is 73.1 cm³/mol. The summed E-state index contributed by atoms with van der Waals surface area (Å²) in [6.45, 7) is 1.88. The fraction of sp³-hybridized carbons (Fsp3) is 0.286. The Balaban J connectivity index is 2.25. The van der Waals surface area contributed by atoms with Crippen molar-refractivity contribution >= 4 is 22.6 Å². The molecule has 0 aliphatic carbocycles. The van der Waals surface area contributed by atoms with Crippen LogP contribution in [0, 0.1) is 0 Å². The van der Waals surface area contributed by atoms with Gasteiger partial charge in [-0.1, -0.05) is 6.07 Å². The fourth-order valence-electron chi connectivity index (χ4n) is 1.89. The highest BCUT2D eigenvalue weighted by Gasteiger charge is 2.11. The number of ether oxygens (including phenoxy) is 1. The van der Waals surface area contributed by atoms with Crippen molar-refractivity contribution in [2.24, 2.45) is 0 Å². The molecule has 1 unspecified atom stereocenters. The number of phenols is 1. The summed E-state index contributed by atoms with van der Waals surface area (Å²) in [5.41, 5.74) is 0. The van der Waals surface area contributed by atoms with Crippen molar-refractivity contribution < 1.29 is 14.6 Å². The third-order valence-electron chi connectivity index (χ3n) is 2.83. The number of aromatic hydroxyl groups is 1. The second-order valence-electron chi connectivity index (χ2n) is 4.39. The minimum absolute atomic E-state index is 0.104. The zero-order valence-electron chi connectivity index (χ0n) is 10.9. The summed E-state index contributed by atoms with van der Waals surface area (Å²) >= 11 is 0. The molecule has 0 saturated carbocycles. The molecule has 0 bridgehead atoms. The van der Waals surface area contributed by atoms with E-state index in [1.54, 1.807) is 18.3 Å². The maximum atomic E-state index is 11.2. The molecule has 2 N–H and O–H groups in total. The first kappa shape index (κ1) is 13.1. The van der Waals surface area contributed by atoms with Crippen LogP contribution >= 0.6 is 0 Å². The van der Waals surface area contributed by atoms with Crippen LogP contribution in [0.5, 0.6) is 5.75 Å². The highest BCUT2D eigenvalue weighted by atomic mass is 16.5. The highest BCUT2D eigenvalue weighted by molar-refractivity contribution is 5.92. The maximum Gasteiger partial charge on any atom is 0.307 e. The van der Waals surface area contributed by atoms with Gasteiger partial charge in [0.2, 0.25) is 0 Å². The molecule has 0 amide bonds. The van der Waals surface area contributed by atoms with Crippen LogP contribution < -0.4 is 5.32 Å². The van der Waals surface area contributed by atoms with Gasteiger partial charge in [0.15, 0.2) is 0 Å². The third-order valence-corrected chi connectivity index (χ3v) is 2.83. The van der Waals surface area contributed by atoms with Crippen LogP contribution in [0.25, 0.3) is 10.8 Å². The number of hydrogen-bond acceptors (Lipinski definition) is 5. The minimum atomic E-state index is -0.275. The number of nitrogens with zero attached hydrogens (tertiary/aromatic N) is 1. The van der Waals surface area contributed by atoms with Gasteiger partial charge in [-0.05, 0) is 30.5 Å². The maximum absolute atomic E-state index is 11.2. The Morgan fingerprint density at radius 1 is 1.47 bits per heavy atom. The zero-order chi connectivity index (χ0) is 13.8. The highest BCUT2D eigenvalue weighted by Crippen LogP contribution is 2.25. The van der Waals surface area contributed by atoms with E-state index in [2.05, 4.69) is 15.0 Å². The molecule has 5 heteroatoms. The Morgan fingerprint density at radius 3 is 3.00 bits per heavy atom. The minimum Gasteiger partial charge on any atom is -0.508 e. The second-order valence-corrected chi connectivity index (χ2v) is 4.39. The monoisotopic (exact) mass is 260 g/mol. The third kappa shape index (κ3) is 3.13. The second kappa shape index (κ2) is 5.56. The smallest absolute Gasteiger partial charge is 0.307 e. The molecule has 0 aliphatic heterocycles. The van der Waals surface area contributed by atoms with E-state index in [0.717, 1.165) is 10.8 Å². The van der Waals surface area contributed by atoms with Crippen LogP contribution in [-0.4, -0.2) is 29.2 Å². The van der Waals surface area contributed by atoms with Crippen LogP contribution in [0.4, 0.5) is 5.82 Å². The van der Waals surface area contributed by atoms with Gasteiger partial charge in [-0.15, -0.1) is 0 Å². The first-order valence-corrected chi connectivity index (χ1v) is 6.01. The SMILES string of the molecule is COC(=O)CC(C)Nc1nccc2ccc(O)cc12. The molecule has 0 spiro atoms. The summed E-state index contributed by atoms with van der Waals surface area (Å²) in [5, 5.41) is 14.5. The van der Waals surface area contributed by atoms with E-state index in [4.69, 9.17) is 0 Å². The van der Waals surface area contributed by atoms with Gasteiger partial charge in [-0.3, -0.25) is 4.79 Å². The molecule has 1 aromatic heterocycles. The number of fused-ring (bicyclic) bond motifs is 1. The lowest BCUT2D eigenvalue weighted by atomic mass is 10.1. The van der Waals surface area contributed by atoms with E-state index >= 15 is 0 Å². The number of pyridine rings is 1. The number of rotatable bonds is 4. The van der Waals surface area contributed by atoms with Crippen molar-refractivity contribution in [3.8, 4) is 5.75 Å². The lowest BCUT2D eigenvalue weighted by molar-refractivity contribution is -0.140. The Kier molecular flexibility index (Phi) is 3.85. The fourth-order valence-corrected chi connectivity index (χ4v) is 1.89. The molecule has 0 saturated heterocycles. The average molecular weight is 260 g/mol. The van der Waals surface area contributed by atoms with Gasteiger partial charge in [0, 0.05) is 17.6 Å². The van der Waals surface area contributed by atoms with E-state index in [-0.39, 0.29) is 24.2 Å². The van der Waals surface area contributed by atoms with Crippen molar-refractivity contribution in [2.45, 2.75) is 19.4 Å². The molecule has 0 fully saturated rings. The standard InChI is InChI=1S/C14H16N2O3/c1-9(7-13(18)19-2)16-14-12-8-11(17)4-3-10(12)5-6-15-14/h3-6,8-9,17H,7H2,1-2H3,(H,15,16). The number of nitrogens with one attached hydrogen (secondary N) is 1. The number of hydrogen-bond donors (Lipinski definition) is 2. The number of methoxy groups -OCH3 is 1. The van der Waals surface area contributed by atoms with Crippen molar-refractivity contribution in [2.75, 3.05) is 12.4 Å². The molecule has 19 heavy (non-hydrogen) atoms. The molecule has 0 aliphatic rings. The van der Waals surface area contributed by atoms with E-state index in [1.165, 1.54) is 7.11 Å². The quantitative estimate of drug-likeness (QED) is 0.825. The summed E-state index contributed by atoms with van der Waals surface area (Å²) in [6.07, 6.45) is 1.94. The van der Waals surface area contributed by atoms with Gasteiger partial charge >= 0.3 is 5.97 Å². The van der Waals surface area contributed by atoms with E-state index in [9.17, 15) is 9.90 Å². The van der Waals surface area contributed by atoms with Crippen molar-refractivity contribution in [3.05, 3.63) is 30.5 Å². The number of benzene rings is 1. The summed E-state index contributed by atoms with van der Waals surface area (Å²) in [7, 11) is 1.36. The topological polar surface area (TPSA) is 71.5 Å². The number of aromatic nitrogens is 1. The normalized spacial score (nSPS) is 12.1. The number of carbonyl (C=O) groups is 1. The molecule has 2 rings (SSSR count). The van der Waals surface area contributed by atoms with Crippen molar-refractivity contribution in [3.63, 3.8) is 0 Å². The Labute approximate surface area is 111 Å². The summed E-state index contributed by atoms with van der Waals surface area (Å²) < 4.78 is 4.63. The molecule has 1 aromatic carbocycles. The van der Waals surface area contributed by atoms with Crippen molar-refractivity contribution in [1.82, 2.24) is 4.98 Å². The predicted octanol–water partition coefficient (Wildman–Crippen LogP) is 2.30. The molecule has 5 nitrogen and oxygen atoms in total. The Morgan fingerprint density at radius 2 is 2.26 bits per heavy atom. The zero-order valence-corrected chi connectivity index (χ0v) is 10.9. The van der Waals surface area contributed by atoms with Crippen molar-refractivity contribution in [1.29, 1.82) is 0 Å². The van der Waals surface area contributed by atoms with E-state index in [0.29, 0.717) is 5.82 Å². The largest absolute Gasteiger partial charge is 0.508 e. The molecular weight excluding hydrogens is 244 g/mol. The number of esters is 1. The first-order chi connectivity index (χ1) is 9.10. The van der Waals surface area contributed by atoms with E-state index < -0.39 is 0 Å². The average Bonchev–Trinajstić information content (AvgIpc) is 2.39. The first-order valence-electron chi connectivity index (χ1n) is 6.01. The van der Waals surface area contributed by atoms with E-state index in [1.807, 2.05) is 19.1 Å². The van der Waals surface area contributed by atoms with Crippen LogP contribution in [0.15, 0.2) is 30.5 Å². The van der Waals surface area contributed by atoms with Crippen LogP contribution in [-0.2, 0) is 9.53 Å². The van der Waals surface area contributed by atoms with Gasteiger partial charge in [0.25, 0.3) is 0 Å². The Bertz CT molecular complexity index is 598. The molecule has 2 aromatic rings. The van der Waals surface area contributed by atoms with Gasteiger partial charge in [0.05, 0.1) is 13.5 Å². The van der Waals surface area contributed by atoms with Crippen LogP contribution in [0.2, 0.25) is 0 Å². The van der Waals surface area contributed by atoms with Crippen LogP contribution in [0.3, 0.4) is 0 Å². The molecular formula is C14H16N2O3. The Hall–Kier alpha value is -2.30. The number of phenolic OH excluding ortho intramolecular Hbond substituents is 1. The van der Waals surface area contributed by atoms with Gasteiger partial charge in [0.1, 0.15) is 11.6 Å². The number of anilines is 1. The lowest BCUT2D eigenvalue weighted by Gasteiger charge is -2.15. The lowest BCUT2D eigenvalue weighted by Crippen LogP contribution is -2.21.